The lowest BCUT2D eigenvalue weighted by Gasteiger charge is -2.35. The summed E-state index contributed by atoms with van der Waals surface area (Å²) in [5.41, 5.74) is 4.30. The van der Waals surface area contributed by atoms with Crippen molar-refractivity contribution in [1.82, 2.24) is 10.2 Å². The molecule has 0 saturated carbocycles. The Morgan fingerprint density at radius 3 is 2.57 bits per heavy atom. The standard InChI is InChI=1S/C23H27N3O2/c1-2-14-25(21-12-7-17-5-3-4-6-19(17)16-21)22(27)18-8-10-20(11-9-18)26-15-13-24-23(26)28/h3-6,8-11,21H,2,7,12-16H2,1H3,(H,24,28). The van der Waals surface area contributed by atoms with Crippen LogP contribution in [-0.4, -0.2) is 42.5 Å². The summed E-state index contributed by atoms with van der Waals surface area (Å²) >= 11 is 0. The average molecular weight is 377 g/mol. The van der Waals surface area contributed by atoms with Crippen LogP contribution in [0.1, 0.15) is 41.3 Å². The number of carbonyl (C=O) groups is 2. The smallest absolute Gasteiger partial charge is 0.321 e. The molecule has 0 bridgehead atoms. The molecule has 2 aliphatic rings. The predicted octanol–water partition coefficient (Wildman–Crippen LogP) is 3.63. The molecule has 1 aliphatic carbocycles. The maximum absolute atomic E-state index is 13.3. The lowest BCUT2D eigenvalue weighted by atomic mass is 9.87. The molecule has 1 unspecified atom stereocenters. The van der Waals surface area contributed by atoms with Crippen molar-refractivity contribution in [3.8, 4) is 0 Å². The van der Waals surface area contributed by atoms with E-state index in [4.69, 9.17) is 0 Å². The van der Waals surface area contributed by atoms with Crippen LogP contribution in [0.25, 0.3) is 0 Å². The fourth-order valence-corrected chi connectivity index (χ4v) is 4.30. The van der Waals surface area contributed by atoms with E-state index < -0.39 is 0 Å². The second-order valence-electron chi connectivity index (χ2n) is 7.59. The minimum atomic E-state index is -0.0763. The molecule has 5 nitrogen and oxygen atoms in total. The number of anilines is 1. The van der Waals surface area contributed by atoms with Gasteiger partial charge in [0.2, 0.25) is 0 Å². The zero-order chi connectivity index (χ0) is 19.5. The highest BCUT2D eigenvalue weighted by Gasteiger charge is 2.28. The zero-order valence-electron chi connectivity index (χ0n) is 16.4. The first kappa shape index (κ1) is 18.5. The molecule has 1 aliphatic heterocycles. The fourth-order valence-electron chi connectivity index (χ4n) is 4.30. The van der Waals surface area contributed by atoms with Gasteiger partial charge in [0.1, 0.15) is 0 Å². The summed E-state index contributed by atoms with van der Waals surface area (Å²) in [4.78, 5) is 28.9. The molecule has 1 saturated heterocycles. The van der Waals surface area contributed by atoms with Crippen molar-refractivity contribution >= 4 is 17.6 Å². The monoisotopic (exact) mass is 377 g/mol. The van der Waals surface area contributed by atoms with Gasteiger partial charge < -0.3 is 10.2 Å². The first-order valence-electron chi connectivity index (χ1n) is 10.2. The number of urea groups is 1. The third-order valence-electron chi connectivity index (χ3n) is 5.77. The van der Waals surface area contributed by atoms with Crippen LogP contribution >= 0.6 is 0 Å². The average Bonchev–Trinajstić information content (AvgIpc) is 3.17. The van der Waals surface area contributed by atoms with Crippen LogP contribution in [0.3, 0.4) is 0 Å². The molecule has 1 N–H and O–H groups in total. The Kier molecular flexibility index (Phi) is 5.33. The summed E-state index contributed by atoms with van der Waals surface area (Å²) in [5.74, 6) is 0.0867. The van der Waals surface area contributed by atoms with Crippen molar-refractivity contribution in [2.24, 2.45) is 0 Å². The number of benzene rings is 2. The van der Waals surface area contributed by atoms with Gasteiger partial charge in [0, 0.05) is 36.9 Å². The van der Waals surface area contributed by atoms with Crippen molar-refractivity contribution in [2.75, 3.05) is 24.5 Å². The topological polar surface area (TPSA) is 52.7 Å². The van der Waals surface area contributed by atoms with Gasteiger partial charge in [-0.2, -0.15) is 0 Å². The minimum Gasteiger partial charge on any atom is -0.336 e. The second kappa shape index (κ2) is 8.05. The van der Waals surface area contributed by atoms with Crippen molar-refractivity contribution in [3.63, 3.8) is 0 Å². The van der Waals surface area contributed by atoms with Crippen LogP contribution in [0.15, 0.2) is 48.5 Å². The third kappa shape index (κ3) is 3.61. The maximum atomic E-state index is 13.3. The Hall–Kier alpha value is -2.82. The van der Waals surface area contributed by atoms with E-state index in [1.54, 1.807) is 4.90 Å². The Labute approximate surface area is 166 Å². The van der Waals surface area contributed by atoms with E-state index in [-0.39, 0.29) is 18.0 Å². The van der Waals surface area contributed by atoms with Crippen molar-refractivity contribution in [3.05, 3.63) is 65.2 Å². The Morgan fingerprint density at radius 1 is 1.14 bits per heavy atom. The van der Waals surface area contributed by atoms with Crippen molar-refractivity contribution in [1.29, 1.82) is 0 Å². The highest BCUT2D eigenvalue weighted by molar-refractivity contribution is 5.97. The lowest BCUT2D eigenvalue weighted by Crippen LogP contribution is -2.44. The molecule has 2 aromatic carbocycles. The lowest BCUT2D eigenvalue weighted by molar-refractivity contribution is 0.0661. The molecule has 1 fully saturated rings. The van der Waals surface area contributed by atoms with E-state index in [1.165, 1.54) is 11.1 Å². The number of amides is 3. The van der Waals surface area contributed by atoms with Gasteiger partial charge >= 0.3 is 6.03 Å². The number of fused-ring (bicyclic) bond motifs is 1. The van der Waals surface area contributed by atoms with Gasteiger partial charge in [-0.15, -0.1) is 0 Å². The van der Waals surface area contributed by atoms with Gasteiger partial charge in [0.25, 0.3) is 5.91 Å². The second-order valence-corrected chi connectivity index (χ2v) is 7.59. The van der Waals surface area contributed by atoms with Crippen molar-refractivity contribution in [2.45, 2.75) is 38.6 Å². The van der Waals surface area contributed by atoms with Gasteiger partial charge in [-0.3, -0.25) is 9.69 Å². The number of aryl methyl sites for hydroxylation is 1. The van der Waals surface area contributed by atoms with Gasteiger partial charge in [-0.05, 0) is 61.1 Å². The van der Waals surface area contributed by atoms with E-state index in [9.17, 15) is 9.59 Å². The Bertz CT molecular complexity index is 862. The molecule has 3 amide bonds. The molecule has 0 aromatic heterocycles. The molecule has 28 heavy (non-hydrogen) atoms. The van der Waals surface area contributed by atoms with E-state index in [1.807, 2.05) is 29.2 Å². The summed E-state index contributed by atoms with van der Waals surface area (Å²) in [6.45, 7) is 4.20. The summed E-state index contributed by atoms with van der Waals surface area (Å²) in [6, 6.07) is 16.2. The quantitative estimate of drug-likeness (QED) is 0.865. The minimum absolute atomic E-state index is 0.0763. The summed E-state index contributed by atoms with van der Waals surface area (Å²) in [5, 5.41) is 2.80. The van der Waals surface area contributed by atoms with E-state index >= 15 is 0 Å². The zero-order valence-corrected chi connectivity index (χ0v) is 16.4. The van der Waals surface area contributed by atoms with E-state index in [0.29, 0.717) is 18.7 Å². The highest BCUT2D eigenvalue weighted by Crippen LogP contribution is 2.26. The van der Waals surface area contributed by atoms with Crippen LogP contribution in [0.5, 0.6) is 0 Å². The third-order valence-corrected chi connectivity index (χ3v) is 5.77. The SMILES string of the molecule is CCCN(C(=O)c1ccc(N2CCNC2=O)cc1)C1CCc2ccccc2C1. The summed E-state index contributed by atoms with van der Waals surface area (Å²) in [6.07, 6.45) is 3.90. The number of hydrogen-bond donors (Lipinski definition) is 1. The molecule has 0 radical (unpaired) electrons. The highest BCUT2D eigenvalue weighted by atomic mass is 16.2. The number of nitrogens with zero attached hydrogens (tertiary/aromatic N) is 2. The first-order valence-corrected chi connectivity index (χ1v) is 10.2. The molecule has 2 aromatic rings. The number of nitrogens with one attached hydrogen (secondary N) is 1. The molecule has 1 heterocycles. The molecule has 1 atom stereocenters. The van der Waals surface area contributed by atoms with E-state index in [0.717, 1.165) is 37.9 Å². The predicted molar refractivity (Wildman–Crippen MR) is 111 cm³/mol. The van der Waals surface area contributed by atoms with Gasteiger partial charge in [-0.1, -0.05) is 31.2 Å². The number of rotatable bonds is 5. The first-order chi connectivity index (χ1) is 13.7. The maximum Gasteiger partial charge on any atom is 0.321 e. The molecule has 5 heteroatoms. The Balaban J connectivity index is 1.51. The van der Waals surface area contributed by atoms with Crippen LogP contribution in [0.2, 0.25) is 0 Å². The molecule has 4 rings (SSSR count). The Morgan fingerprint density at radius 2 is 1.89 bits per heavy atom. The van der Waals surface area contributed by atoms with Crippen LogP contribution in [-0.2, 0) is 12.8 Å². The van der Waals surface area contributed by atoms with Crippen LogP contribution < -0.4 is 10.2 Å². The normalized spacial score (nSPS) is 18.5. The number of carbonyl (C=O) groups excluding carboxylic acids is 2. The molecular weight excluding hydrogens is 350 g/mol. The van der Waals surface area contributed by atoms with Gasteiger partial charge in [0.05, 0.1) is 0 Å². The molecule has 0 spiro atoms. The van der Waals surface area contributed by atoms with Gasteiger partial charge in [-0.25, -0.2) is 4.79 Å². The molecular formula is C23H27N3O2. The summed E-state index contributed by atoms with van der Waals surface area (Å²) in [7, 11) is 0. The van der Waals surface area contributed by atoms with Crippen LogP contribution in [0, 0.1) is 0 Å². The largest absolute Gasteiger partial charge is 0.336 e. The van der Waals surface area contributed by atoms with E-state index in [2.05, 4.69) is 36.5 Å². The van der Waals surface area contributed by atoms with Crippen molar-refractivity contribution < 1.29 is 9.59 Å². The van der Waals surface area contributed by atoms with Gasteiger partial charge in [0.15, 0.2) is 0 Å². The summed E-state index contributed by atoms with van der Waals surface area (Å²) < 4.78 is 0. The van der Waals surface area contributed by atoms with Crippen LogP contribution in [0.4, 0.5) is 10.5 Å². The molecule has 146 valence electrons. The number of hydrogen-bond acceptors (Lipinski definition) is 2. The fraction of sp³-hybridized carbons (Fsp3) is 0.391.